The SMILES string of the molecule is CC(=O)N1CCN(c2cc(C(=O)Nc3cccc4cccnc34)nc(C)n2)CC1. The van der Waals surface area contributed by atoms with E-state index >= 15 is 0 Å². The predicted molar refractivity (Wildman–Crippen MR) is 111 cm³/mol. The minimum absolute atomic E-state index is 0.0762. The first-order valence-electron chi connectivity index (χ1n) is 9.52. The fourth-order valence-electron chi connectivity index (χ4n) is 3.47. The summed E-state index contributed by atoms with van der Waals surface area (Å²) in [5.74, 6) is 0.990. The number of nitrogens with zero attached hydrogens (tertiary/aromatic N) is 5. The molecule has 1 fully saturated rings. The quantitative estimate of drug-likeness (QED) is 0.738. The summed E-state index contributed by atoms with van der Waals surface area (Å²) in [5, 5.41) is 3.87. The van der Waals surface area contributed by atoms with E-state index in [1.54, 1.807) is 26.1 Å². The lowest BCUT2D eigenvalue weighted by Gasteiger charge is -2.35. The molecule has 8 heteroatoms. The van der Waals surface area contributed by atoms with Crippen LogP contribution in [0.15, 0.2) is 42.6 Å². The van der Waals surface area contributed by atoms with Crippen molar-refractivity contribution in [2.24, 2.45) is 0 Å². The number of aromatic nitrogens is 3. The molecule has 0 aliphatic carbocycles. The fourth-order valence-corrected chi connectivity index (χ4v) is 3.47. The van der Waals surface area contributed by atoms with Gasteiger partial charge in [-0.25, -0.2) is 9.97 Å². The Kier molecular flexibility index (Phi) is 5.07. The predicted octanol–water partition coefficient (Wildman–Crippen LogP) is 2.25. The van der Waals surface area contributed by atoms with Gasteiger partial charge in [0.25, 0.3) is 5.91 Å². The van der Waals surface area contributed by atoms with E-state index < -0.39 is 0 Å². The highest BCUT2D eigenvalue weighted by Crippen LogP contribution is 2.22. The number of hydrogen-bond acceptors (Lipinski definition) is 6. The molecule has 4 rings (SSSR count). The number of pyridine rings is 1. The van der Waals surface area contributed by atoms with Gasteiger partial charge in [0, 0.05) is 50.8 Å². The smallest absolute Gasteiger partial charge is 0.274 e. The maximum Gasteiger partial charge on any atom is 0.274 e. The Hall–Kier alpha value is -3.55. The van der Waals surface area contributed by atoms with Crippen LogP contribution in [0, 0.1) is 6.92 Å². The molecule has 0 bridgehead atoms. The van der Waals surface area contributed by atoms with Gasteiger partial charge in [-0.1, -0.05) is 18.2 Å². The molecule has 3 heterocycles. The Morgan fingerprint density at radius 3 is 2.55 bits per heavy atom. The van der Waals surface area contributed by atoms with Gasteiger partial charge >= 0.3 is 0 Å². The maximum absolute atomic E-state index is 12.9. The monoisotopic (exact) mass is 390 g/mol. The highest BCUT2D eigenvalue weighted by Gasteiger charge is 2.21. The van der Waals surface area contributed by atoms with Crippen LogP contribution < -0.4 is 10.2 Å². The Labute approximate surface area is 168 Å². The van der Waals surface area contributed by atoms with Crippen molar-refractivity contribution in [3.8, 4) is 0 Å². The summed E-state index contributed by atoms with van der Waals surface area (Å²) in [6.07, 6.45) is 1.70. The standard InChI is InChI=1S/C21H22N6O2/c1-14-23-18(13-19(24-14)27-11-9-26(10-12-27)15(2)28)21(29)25-17-7-3-5-16-6-4-8-22-20(16)17/h3-8,13H,9-12H2,1-2H3,(H,25,29). The Morgan fingerprint density at radius 2 is 1.79 bits per heavy atom. The van der Waals surface area contributed by atoms with E-state index in [0.29, 0.717) is 49.2 Å². The summed E-state index contributed by atoms with van der Waals surface area (Å²) in [4.78, 5) is 41.5. The van der Waals surface area contributed by atoms with Crippen LogP contribution in [0.5, 0.6) is 0 Å². The van der Waals surface area contributed by atoms with Crippen LogP contribution in [0.3, 0.4) is 0 Å². The van der Waals surface area contributed by atoms with Gasteiger partial charge in [0.1, 0.15) is 17.3 Å². The van der Waals surface area contributed by atoms with E-state index in [1.807, 2.05) is 35.2 Å². The zero-order valence-corrected chi connectivity index (χ0v) is 16.4. The molecule has 3 aromatic rings. The van der Waals surface area contributed by atoms with Gasteiger partial charge in [0.15, 0.2) is 0 Å². The number of para-hydroxylation sites is 1. The van der Waals surface area contributed by atoms with Gasteiger partial charge in [-0.2, -0.15) is 0 Å². The molecular formula is C21H22N6O2. The number of fused-ring (bicyclic) bond motifs is 1. The van der Waals surface area contributed by atoms with Crippen molar-refractivity contribution >= 4 is 34.2 Å². The topological polar surface area (TPSA) is 91.3 Å². The average molecular weight is 390 g/mol. The lowest BCUT2D eigenvalue weighted by molar-refractivity contribution is -0.129. The van der Waals surface area contributed by atoms with Gasteiger partial charge in [0.05, 0.1) is 11.2 Å². The molecule has 0 atom stereocenters. The number of carbonyl (C=O) groups excluding carboxylic acids is 2. The fraction of sp³-hybridized carbons (Fsp3) is 0.286. The Morgan fingerprint density at radius 1 is 1.03 bits per heavy atom. The van der Waals surface area contributed by atoms with Gasteiger partial charge in [-0.15, -0.1) is 0 Å². The number of anilines is 2. The number of rotatable bonds is 3. The first-order valence-corrected chi connectivity index (χ1v) is 9.52. The summed E-state index contributed by atoms with van der Waals surface area (Å²) >= 11 is 0. The number of nitrogens with one attached hydrogen (secondary N) is 1. The number of carbonyl (C=O) groups is 2. The Bertz CT molecular complexity index is 1070. The van der Waals surface area contributed by atoms with Crippen LogP contribution in [-0.4, -0.2) is 57.8 Å². The van der Waals surface area contributed by atoms with Crippen LogP contribution in [-0.2, 0) is 4.79 Å². The molecule has 0 saturated carbocycles. The molecule has 2 amide bonds. The third-order valence-corrected chi connectivity index (χ3v) is 4.99. The van der Waals surface area contributed by atoms with Crippen molar-refractivity contribution < 1.29 is 9.59 Å². The van der Waals surface area contributed by atoms with Crippen LogP contribution in [0.4, 0.5) is 11.5 Å². The molecular weight excluding hydrogens is 368 g/mol. The third-order valence-electron chi connectivity index (χ3n) is 4.99. The van der Waals surface area contributed by atoms with Gasteiger partial charge < -0.3 is 15.1 Å². The molecule has 1 saturated heterocycles. The second-order valence-electron chi connectivity index (χ2n) is 6.99. The second-order valence-corrected chi connectivity index (χ2v) is 6.99. The lowest BCUT2D eigenvalue weighted by Crippen LogP contribution is -2.48. The molecule has 0 spiro atoms. The first kappa shape index (κ1) is 18.8. The molecule has 1 aliphatic heterocycles. The summed E-state index contributed by atoms with van der Waals surface area (Å²) < 4.78 is 0. The molecule has 8 nitrogen and oxygen atoms in total. The number of aryl methyl sites for hydroxylation is 1. The molecule has 0 radical (unpaired) electrons. The zero-order chi connectivity index (χ0) is 20.4. The second kappa shape index (κ2) is 7.83. The van der Waals surface area contributed by atoms with Crippen molar-refractivity contribution in [2.45, 2.75) is 13.8 Å². The first-order chi connectivity index (χ1) is 14.0. The van der Waals surface area contributed by atoms with Crippen LogP contribution in [0.25, 0.3) is 10.9 Å². The van der Waals surface area contributed by atoms with Crippen LogP contribution in [0.1, 0.15) is 23.2 Å². The van der Waals surface area contributed by atoms with E-state index in [0.717, 1.165) is 10.9 Å². The maximum atomic E-state index is 12.9. The minimum Gasteiger partial charge on any atom is -0.353 e. The highest BCUT2D eigenvalue weighted by atomic mass is 16.2. The number of hydrogen-bond donors (Lipinski definition) is 1. The third kappa shape index (κ3) is 4.01. The summed E-state index contributed by atoms with van der Waals surface area (Å²) in [7, 11) is 0. The number of benzene rings is 1. The van der Waals surface area contributed by atoms with E-state index in [4.69, 9.17) is 0 Å². The lowest BCUT2D eigenvalue weighted by atomic mass is 10.2. The van der Waals surface area contributed by atoms with Crippen molar-refractivity contribution in [1.29, 1.82) is 0 Å². The number of piperazine rings is 1. The summed E-state index contributed by atoms with van der Waals surface area (Å²) in [6, 6.07) is 11.2. The van der Waals surface area contributed by atoms with Crippen LogP contribution >= 0.6 is 0 Å². The molecule has 148 valence electrons. The number of amides is 2. The van der Waals surface area contributed by atoms with Crippen LogP contribution in [0.2, 0.25) is 0 Å². The van der Waals surface area contributed by atoms with Crippen molar-refractivity contribution in [3.63, 3.8) is 0 Å². The van der Waals surface area contributed by atoms with Gasteiger partial charge in [0.2, 0.25) is 5.91 Å². The average Bonchev–Trinajstić information content (AvgIpc) is 2.73. The van der Waals surface area contributed by atoms with E-state index in [2.05, 4.69) is 25.2 Å². The summed E-state index contributed by atoms with van der Waals surface area (Å²) in [5.41, 5.74) is 1.67. The molecule has 2 aromatic heterocycles. The Balaban J connectivity index is 1.56. The molecule has 0 unspecified atom stereocenters. The van der Waals surface area contributed by atoms with Crippen molar-refractivity contribution in [3.05, 3.63) is 54.1 Å². The molecule has 1 aromatic carbocycles. The van der Waals surface area contributed by atoms with Crippen molar-refractivity contribution in [1.82, 2.24) is 19.9 Å². The molecule has 1 N–H and O–H groups in total. The van der Waals surface area contributed by atoms with E-state index in [9.17, 15) is 9.59 Å². The zero-order valence-electron chi connectivity index (χ0n) is 16.4. The van der Waals surface area contributed by atoms with E-state index in [1.165, 1.54) is 0 Å². The van der Waals surface area contributed by atoms with Crippen molar-refractivity contribution in [2.75, 3.05) is 36.4 Å². The largest absolute Gasteiger partial charge is 0.353 e. The normalized spacial score (nSPS) is 14.1. The summed E-state index contributed by atoms with van der Waals surface area (Å²) in [6.45, 7) is 5.97. The van der Waals surface area contributed by atoms with Gasteiger partial charge in [-0.05, 0) is 19.1 Å². The molecule has 29 heavy (non-hydrogen) atoms. The van der Waals surface area contributed by atoms with E-state index in [-0.39, 0.29) is 11.8 Å². The minimum atomic E-state index is -0.308. The highest BCUT2D eigenvalue weighted by molar-refractivity contribution is 6.07. The van der Waals surface area contributed by atoms with Gasteiger partial charge in [-0.3, -0.25) is 14.6 Å². The molecule has 1 aliphatic rings.